The van der Waals surface area contributed by atoms with Crippen molar-refractivity contribution in [1.82, 2.24) is 0 Å². The molecule has 1 aliphatic rings. The fourth-order valence-electron chi connectivity index (χ4n) is 1.91. The van der Waals surface area contributed by atoms with Gasteiger partial charge in [0, 0.05) is 18.6 Å². The second-order valence-corrected chi connectivity index (χ2v) is 4.11. The van der Waals surface area contributed by atoms with Crippen LogP contribution < -0.4 is 0 Å². The average Bonchev–Trinajstić information content (AvgIpc) is 2.39. The molecule has 1 fully saturated rings. The highest BCUT2D eigenvalue weighted by Crippen LogP contribution is 2.28. The van der Waals surface area contributed by atoms with Crippen LogP contribution in [0.5, 0.6) is 0 Å². The Morgan fingerprint density at radius 1 is 1.16 bits per heavy atom. The van der Waals surface area contributed by atoms with Crippen LogP contribution in [0.2, 0.25) is 0 Å². The van der Waals surface area contributed by atoms with Gasteiger partial charge in [0.1, 0.15) is 0 Å². The Kier molecular flexibility index (Phi) is 4.03. The summed E-state index contributed by atoms with van der Waals surface area (Å²) in [6.45, 7) is 1.45. The molecule has 19 heavy (non-hydrogen) atoms. The molecular formula is C11H12N2O6. The predicted octanol–water partition coefficient (Wildman–Crippen LogP) is 1.46. The molecule has 2 rings (SSSR count). The van der Waals surface area contributed by atoms with Crippen LogP contribution >= 0.6 is 0 Å². The van der Waals surface area contributed by atoms with Crippen molar-refractivity contribution in [3.8, 4) is 0 Å². The summed E-state index contributed by atoms with van der Waals surface area (Å²) in [6.07, 6.45) is 0.258. The summed E-state index contributed by atoms with van der Waals surface area (Å²) in [4.78, 5) is 20.0. The third-order valence-electron chi connectivity index (χ3n) is 2.78. The molecule has 1 aliphatic heterocycles. The van der Waals surface area contributed by atoms with Gasteiger partial charge >= 0.3 is 11.4 Å². The maximum Gasteiger partial charge on any atom is 0.346 e. The van der Waals surface area contributed by atoms with Gasteiger partial charge in [0.25, 0.3) is 0 Å². The van der Waals surface area contributed by atoms with E-state index in [0.29, 0.717) is 31.8 Å². The molecule has 1 atom stereocenters. The lowest BCUT2D eigenvalue weighted by Crippen LogP contribution is -2.30. The van der Waals surface area contributed by atoms with Crippen LogP contribution in [0.1, 0.15) is 5.56 Å². The van der Waals surface area contributed by atoms with Crippen LogP contribution in [0.4, 0.5) is 11.4 Å². The van der Waals surface area contributed by atoms with Crippen molar-refractivity contribution in [1.29, 1.82) is 0 Å². The van der Waals surface area contributed by atoms with Crippen molar-refractivity contribution < 1.29 is 19.3 Å². The van der Waals surface area contributed by atoms with E-state index in [1.54, 1.807) is 0 Å². The number of hydrogen-bond donors (Lipinski definition) is 0. The SMILES string of the molecule is O=[N+]([O-])c1ccc(C[C@@H]2COCCO2)cc1[N+](=O)[O-]. The molecule has 0 radical (unpaired) electrons. The summed E-state index contributed by atoms with van der Waals surface area (Å²) >= 11 is 0. The maximum absolute atomic E-state index is 10.8. The number of benzene rings is 1. The summed E-state index contributed by atoms with van der Waals surface area (Å²) in [6, 6.07) is 3.87. The number of nitro benzene ring substituents is 2. The molecule has 0 N–H and O–H groups in total. The van der Waals surface area contributed by atoms with Gasteiger partial charge in [-0.2, -0.15) is 0 Å². The topological polar surface area (TPSA) is 105 Å². The van der Waals surface area contributed by atoms with Gasteiger partial charge in [-0.25, -0.2) is 0 Å². The summed E-state index contributed by atoms with van der Waals surface area (Å²) in [5, 5.41) is 21.5. The maximum atomic E-state index is 10.8. The minimum absolute atomic E-state index is 0.171. The quantitative estimate of drug-likeness (QED) is 0.604. The average molecular weight is 268 g/mol. The first kappa shape index (κ1) is 13.4. The van der Waals surface area contributed by atoms with Gasteiger partial charge in [0.15, 0.2) is 0 Å². The van der Waals surface area contributed by atoms with E-state index in [0.717, 1.165) is 6.07 Å². The second kappa shape index (κ2) is 5.72. The fraction of sp³-hybridized carbons (Fsp3) is 0.455. The van der Waals surface area contributed by atoms with E-state index in [-0.39, 0.29) is 6.10 Å². The lowest BCUT2D eigenvalue weighted by Gasteiger charge is -2.22. The molecule has 1 aromatic carbocycles. The van der Waals surface area contributed by atoms with E-state index in [1.807, 2.05) is 0 Å². The highest BCUT2D eigenvalue weighted by Gasteiger charge is 2.25. The van der Waals surface area contributed by atoms with Gasteiger partial charge in [-0.3, -0.25) is 20.2 Å². The number of hydrogen-bond acceptors (Lipinski definition) is 6. The number of ether oxygens (including phenoxy) is 2. The van der Waals surface area contributed by atoms with Crippen LogP contribution in [-0.4, -0.2) is 35.8 Å². The molecule has 0 saturated carbocycles. The summed E-state index contributed by atoms with van der Waals surface area (Å²) in [5.41, 5.74) is -0.387. The highest BCUT2D eigenvalue weighted by molar-refractivity contribution is 5.54. The molecule has 0 aliphatic carbocycles. The first-order chi connectivity index (χ1) is 9.08. The monoisotopic (exact) mass is 268 g/mol. The second-order valence-electron chi connectivity index (χ2n) is 4.11. The number of nitro groups is 2. The van der Waals surface area contributed by atoms with E-state index in [9.17, 15) is 20.2 Å². The molecule has 8 nitrogen and oxygen atoms in total. The van der Waals surface area contributed by atoms with Crippen LogP contribution in [-0.2, 0) is 15.9 Å². The molecule has 1 aromatic rings. The standard InChI is InChI=1S/C11H12N2O6/c14-12(15)10-2-1-8(6-11(10)13(16)17)5-9-7-18-3-4-19-9/h1-2,6,9H,3-5,7H2/t9-/m1/s1. The van der Waals surface area contributed by atoms with E-state index in [1.165, 1.54) is 12.1 Å². The lowest BCUT2D eigenvalue weighted by atomic mass is 10.1. The Bertz CT molecular complexity index is 498. The van der Waals surface area contributed by atoms with Crippen molar-refractivity contribution in [2.75, 3.05) is 19.8 Å². The van der Waals surface area contributed by atoms with Gasteiger partial charge in [-0.05, 0) is 5.56 Å². The van der Waals surface area contributed by atoms with Crippen LogP contribution in [0.15, 0.2) is 18.2 Å². The Morgan fingerprint density at radius 2 is 1.89 bits per heavy atom. The van der Waals surface area contributed by atoms with Crippen molar-refractivity contribution in [3.05, 3.63) is 44.0 Å². The first-order valence-electron chi connectivity index (χ1n) is 5.69. The van der Waals surface area contributed by atoms with E-state index in [4.69, 9.17) is 9.47 Å². The summed E-state index contributed by atoms with van der Waals surface area (Å²) in [7, 11) is 0. The fourth-order valence-corrected chi connectivity index (χ4v) is 1.91. The molecule has 102 valence electrons. The molecule has 0 spiro atoms. The van der Waals surface area contributed by atoms with Gasteiger partial charge in [-0.1, -0.05) is 6.07 Å². The van der Waals surface area contributed by atoms with Gasteiger partial charge in [0.05, 0.1) is 35.8 Å². The molecule has 0 unspecified atom stereocenters. The van der Waals surface area contributed by atoms with Crippen molar-refractivity contribution >= 4 is 11.4 Å². The molecule has 8 heteroatoms. The number of rotatable bonds is 4. The zero-order chi connectivity index (χ0) is 13.8. The lowest BCUT2D eigenvalue weighted by molar-refractivity contribution is -0.422. The molecule has 1 saturated heterocycles. The smallest absolute Gasteiger partial charge is 0.346 e. The Balaban J connectivity index is 2.20. The minimum atomic E-state index is -0.762. The van der Waals surface area contributed by atoms with Crippen LogP contribution in [0.25, 0.3) is 0 Å². The predicted molar refractivity (Wildman–Crippen MR) is 64.0 cm³/mol. The van der Waals surface area contributed by atoms with Crippen molar-refractivity contribution in [2.24, 2.45) is 0 Å². The first-order valence-corrected chi connectivity index (χ1v) is 5.69. The third-order valence-corrected chi connectivity index (χ3v) is 2.78. The zero-order valence-corrected chi connectivity index (χ0v) is 9.98. The van der Waals surface area contributed by atoms with E-state index in [2.05, 4.69) is 0 Å². The minimum Gasteiger partial charge on any atom is -0.376 e. The van der Waals surface area contributed by atoms with Crippen LogP contribution in [0.3, 0.4) is 0 Å². The Labute approximate surface area is 108 Å². The normalized spacial score (nSPS) is 19.1. The van der Waals surface area contributed by atoms with E-state index < -0.39 is 21.2 Å². The third kappa shape index (κ3) is 3.24. The Hall–Kier alpha value is -2.06. The van der Waals surface area contributed by atoms with Crippen molar-refractivity contribution in [3.63, 3.8) is 0 Å². The van der Waals surface area contributed by atoms with Gasteiger partial charge < -0.3 is 9.47 Å². The molecular weight excluding hydrogens is 256 g/mol. The summed E-state index contributed by atoms with van der Waals surface area (Å²) < 4.78 is 10.7. The summed E-state index contributed by atoms with van der Waals surface area (Å²) in [5.74, 6) is 0. The van der Waals surface area contributed by atoms with Crippen LogP contribution in [0, 0.1) is 20.2 Å². The number of nitrogens with zero attached hydrogens (tertiary/aromatic N) is 2. The van der Waals surface area contributed by atoms with E-state index >= 15 is 0 Å². The Morgan fingerprint density at radius 3 is 2.47 bits per heavy atom. The van der Waals surface area contributed by atoms with Gasteiger partial charge in [-0.15, -0.1) is 0 Å². The molecule has 0 bridgehead atoms. The molecule has 0 aromatic heterocycles. The van der Waals surface area contributed by atoms with Gasteiger partial charge in [0.2, 0.25) is 0 Å². The zero-order valence-electron chi connectivity index (χ0n) is 9.98. The largest absolute Gasteiger partial charge is 0.376 e. The molecule has 0 amide bonds. The highest BCUT2D eigenvalue weighted by atomic mass is 16.6. The van der Waals surface area contributed by atoms with Crippen molar-refractivity contribution in [2.45, 2.75) is 12.5 Å². The molecule has 1 heterocycles.